The summed E-state index contributed by atoms with van der Waals surface area (Å²) in [5, 5.41) is 8.86. The number of rotatable bonds is 3. The van der Waals surface area contributed by atoms with Crippen LogP contribution in [0.3, 0.4) is 0 Å². The third-order valence-corrected chi connectivity index (χ3v) is 4.85. The van der Waals surface area contributed by atoms with Gasteiger partial charge < -0.3 is 24.2 Å². The standard InChI is InChI=1S/C17H19FN4O4/c1-20-4-6-21(7-5-20)16-12(18)8-11-14(23)13(26-17(24)25)9-22(10-2-3-10)15(11)19-16/h8-10H,2-7H2,1H3,(H,24,25). The lowest BCUT2D eigenvalue weighted by Gasteiger charge is -2.33. The van der Waals surface area contributed by atoms with E-state index in [1.165, 1.54) is 6.20 Å². The van der Waals surface area contributed by atoms with E-state index in [1.807, 2.05) is 11.9 Å². The molecule has 2 fully saturated rings. The van der Waals surface area contributed by atoms with Gasteiger partial charge in [0.1, 0.15) is 5.65 Å². The van der Waals surface area contributed by atoms with E-state index in [-0.39, 0.29) is 23.0 Å². The van der Waals surface area contributed by atoms with Gasteiger partial charge in [-0.3, -0.25) is 4.79 Å². The Morgan fingerprint density at radius 1 is 1.31 bits per heavy atom. The number of carbonyl (C=O) groups is 1. The van der Waals surface area contributed by atoms with Crippen LogP contribution < -0.4 is 15.1 Å². The van der Waals surface area contributed by atoms with Crippen LogP contribution in [0.4, 0.5) is 15.0 Å². The number of hydrogen-bond donors (Lipinski definition) is 1. The predicted molar refractivity (Wildman–Crippen MR) is 92.6 cm³/mol. The topological polar surface area (TPSA) is 87.9 Å². The highest BCUT2D eigenvalue weighted by atomic mass is 19.1. The van der Waals surface area contributed by atoms with Crippen molar-refractivity contribution in [3.05, 3.63) is 28.3 Å². The summed E-state index contributed by atoms with van der Waals surface area (Å²) in [6.07, 6.45) is 1.59. The fourth-order valence-electron chi connectivity index (χ4n) is 3.25. The van der Waals surface area contributed by atoms with Crippen LogP contribution in [-0.4, -0.2) is 58.9 Å². The number of halogens is 1. The maximum Gasteiger partial charge on any atom is 0.511 e. The fourth-order valence-corrected chi connectivity index (χ4v) is 3.25. The second-order valence-corrected chi connectivity index (χ2v) is 6.78. The molecular weight excluding hydrogens is 343 g/mol. The average molecular weight is 362 g/mol. The first-order valence-corrected chi connectivity index (χ1v) is 8.53. The van der Waals surface area contributed by atoms with Crippen LogP contribution in [0.5, 0.6) is 5.75 Å². The molecule has 0 atom stereocenters. The molecule has 1 aliphatic heterocycles. The zero-order valence-corrected chi connectivity index (χ0v) is 14.3. The van der Waals surface area contributed by atoms with Gasteiger partial charge in [0.05, 0.1) is 11.6 Å². The molecule has 0 unspecified atom stereocenters. The zero-order valence-electron chi connectivity index (χ0n) is 14.3. The van der Waals surface area contributed by atoms with Gasteiger partial charge >= 0.3 is 6.16 Å². The number of nitrogens with zero attached hydrogens (tertiary/aromatic N) is 4. The third kappa shape index (κ3) is 2.98. The summed E-state index contributed by atoms with van der Waals surface area (Å²) in [5.41, 5.74) is -0.304. The molecule has 0 bridgehead atoms. The van der Waals surface area contributed by atoms with Crippen molar-refractivity contribution in [1.29, 1.82) is 0 Å². The van der Waals surface area contributed by atoms with Crippen molar-refractivity contribution in [3.8, 4) is 5.75 Å². The van der Waals surface area contributed by atoms with E-state index >= 15 is 0 Å². The van der Waals surface area contributed by atoms with Crippen molar-refractivity contribution in [2.75, 3.05) is 38.1 Å². The molecule has 1 saturated carbocycles. The third-order valence-electron chi connectivity index (χ3n) is 4.85. The Balaban J connectivity index is 1.85. The quantitative estimate of drug-likeness (QED) is 0.831. The highest BCUT2D eigenvalue weighted by molar-refractivity contribution is 5.80. The first-order chi connectivity index (χ1) is 12.4. The van der Waals surface area contributed by atoms with Gasteiger partial charge in [-0.1, -0.05) is 0 Å². The number of pyridine rings is 2. The van der Waals surface area contributed by atoms with Crippen molar-refractivity contribution in [2.45, 2.75) is 18.9 Å². The molecule has 9 heteroatoms. The van der Waals surface area contributed by atoms with E-state index in [1.54, 1.807) is 4.57 Å². The van der Waals surface area contributed by atoms with Crippen molar-refractivity contribution in [2.24, 2.45) is 0 Å². The van der Waals surface area contributed by atoms with Crippen LogP contribution in [0.25, 0.3) is 11.0 Å². The number of ether oxygens (including phenoxy) is 1. The first-order valence-electron chi connectivity index (χ1n) is 8.53. The molecule has 0 spiro atoms. The molecule has 8 nitrogen and oxygen atoms in total. The Labute approximate surface area is 148 Å². The number of likely N-dealkylation sites (N-methyl/N-ethyl adjacent to an activating group) is 1. The van der Waals surface area contributed by atoms with Crippen molar-refractivity contribution in [3.63, 3.8) is 0 Å². The van der Waals surface area contributed by atoms with Gasteiger partial charge in [-0.05, 0) is 26.0 Å². The molecule has 138 valence electrons. The van der Waals surface area contributed by atoms with E-state index in [9.17, 15) is 14.0 Å². The Kier molecular flexibility index (Phi) is 4.03. The molecule has 3 heterocycles. The molecule has 2 aromatic heterocycles. The van der Waals surface area contributed by atoms with Gasteiger partial charge in [-0.15, -0.1) is 0 Å². The van der Waals surface area contributed by atoms with Crippen LogP contribution in [0, 0.1) is 5.82 Å². The van der Waals surface area contributed by atoms with Gasteiger partial charge in [0, 0.05) is 32.2 Å². The van der Waals surface area contributed by atoms with Gasteiger partial charge in [0.15, 0.2) is 17.4 Å². The molecule has 0 amide bonds. The van der Waals surface area contributed by atoms with E-state index in [0.717, 1.165) is 32.0 Å². The minimum Gasteiger partial charge on any atom is -0.449 e. The van der Waals surface area contributed by atoms with E-state index in [2.05, 4.69) is 14.6 Å². The SMILES string of the molecule is CN1CCN(c2nc3c(cc2F)c(=O)c(OC(=O)O)cn3C2CC2)CC1. The fraction of sp³-hybridized carbons (Fsp3) is 0.471. The highest BCUT2D eigenvalue weighted by Gasteiger charge is 2.29. The summed E-state index contributed by atoms with van der Waals surface area (Å²) in [4.78, 5) is 31.8. The summed E-state index contributed by atoms with van der Waals surface area (Å²) < 4.78 is 21.0. The Morgan fingerprint density at radius 3 is 2.62 bits per heavy atom. The number of anilines is 1. The number of fused-ring (bicyclic) bond motifs is 1. The van der Waals surface area contributed by atoms with Crippen LogP contribution in [0.2, 0.25) is 0 Å². The van der Waals surface area contributed by atoms with Gasteiger partial charge in [0.25, 0.3) is 0 Å². The molecule has 1 N–H and O–H groups in total. The van der Waals surface area contributed by atoms with Crippen LogP contribution in [-0.2, 0) is 0 Å². The lowest BCUT2D eigenvalue weighted by atomic mass is 10.2. The highest BCUT2D eigenvalue weighted by Crippen LogP contribution is 2.37. The largest absolute Gasteiger partial charge is 0.511 e. The summed E-state index contributed by atoms with van der Waals surface area (Å²) in [7, 11) is 2.01. The molecular formula is C17H19FN4O4. The smallest absolute Gasteiger partial charge is 0.449 e. The Hall–Kier alpha value is -2.68. The lowest BCUT2D eigenvalue weighted by Crippen LogP contribution is -2.45. The number of hydrogen-bond acceptors (Lipinski definition) is 6. The molecule has 1 saturated heterocycles. The Bertz CT molecular complexity index is 932. The van der Waals surface area contributed by atoms with Crippen molar-refractivity contribution in [1.82, 2.24) is 14.5 Å². The number of piperazine rings is 1. The number of aromatic nitrogens is 2. The minimum absolute atomic E-state index is 0.0334. The lowest BCUT2D eigenvalue weighted by molar-refractivity contribution is 0.143. The van der Waals surface area contributed by atoms with Crippen molar-refractivity contribution < 1.29 is 19.0 Å². The van der Waals surface area contributed by atoms with Crippen LogP contribution in [0.15, 0.2) is 17.1 Å². The normalized spacial score (nSPS) is 18.3. The second kappa shape index (κ2) is 6.24. The number of carboxylic acid groups (broad SMARTS) is 1. The maximum absolute atomic E-state index is 14.7. The van der Waals surface area contributed by atoms with Gasteiger partial charge in [-0.2, -0.15) is 0 Å². The van der Waals surface area contributed by atoms with Crippen molar-refractivity contribution >= 4 is 23.0 Å². The van der Waals surface area contributed by atoms with Gasteiger partial charge in [-0.25, -0.2) is 14.2 Å². The maximum atomic E-state index is 14.7. The first kappa shape index (κ1) is 16.8. The molecule has 4 rings (SSSR count). The minimum atomic E-state index is -1.58. The van der Waals surface area contributed by atoms with E-state index in [4.69, 9.17) is 5.11 Å². The monoisotopic (exact) mass is 362 g/mol. The van der Waals surface area contributed by atoms with E-state index < -0.39 is 17.4 Å². The molecule has 26 heavy (non-hydrogen) atoms. The van der Waals surface area contributed by atoms with Crippen LogP contribution >= 0.6 is 0 Å². The van der Waals surface area contributed by atoms with Crippen LogP contribution in [0.1, 0.15) is 18.9 Å². The Morgan fingerprint density at radius 2 is 2.00 bits per heavy atom. The summed E-state index contributed by atoms with van der Waals surface area (Å²) in [5.74, 6) is -0.689. The molecule has 0 aromatic carbocycles. The second-order valence-electron chi connectivity index (χ2n) is 6.78. The summed E-state index contributed by atoms with van der Waals surface area (Å²) in [6, 6.07) is 1.26. The predicted octanol–water partition coefficient (Wildman–Crippen LogP) is 1.68. The molecule has 2 aromatic rings. The average Bonchev–Trinajstić information content (AvgIpc) is 3.43. The molecule has 2 aliphatic rings. The van der Waals surface area contributed by atoms with E-state index in [0.29, 0.717) is 18.7 Å². The molecule has 1 aliphatic carbocycles. The zero-order chi connectivity index (χ0) is 18.4. The molecule has 0 radical (unpaired) electrons. The summed E-state index contributed by atoms with van der Waals surface area (Å²) in [6.45, 7) is 2.92. The summed E-state index contributed by atoms with van der Waals surface area (Å²) >= 11 is 0. The van der Waals surface area contributed by atoms with Gasteiger partial charge in [0.2, 0.25) is 5.43 Å².